The summed E-state index contributed by atoms with van der Waals surface area (Å²) in [7, 11) is 0. The van der Waals surface area contributed by atoms with Gasteiger partial charge in [-0.1, -0.05) is 29.7 Å². The quantitative estimate of drug-likeness (QED) is 0.210. The molecule has 6 rings (SSSR count). The molecule has 0 N–H and O–H groups in total. The minimum absolute atomic E-state index is 0. The molecule has 0 atom stereocenters. The van der Waals surface area contributed by atoms with Crippen LogP contribution in [0.25, 0.3) is 33.0 Å². The van der Waals surface area contributed by atoms with E-state index in [0.29, 0.717) is 0 Å². The van der Waals surface area contributed by atoms with Crippen LogP contribution in [-0.2, 0) is 0 Å². The normalized spacial score (nSPS) is 9.16. The van der Waals surface area contributed by atoms with Gasteiger partial charge in [-0.25, -0.2) is 9.97 Å². The van der Waals surface area contributed by atoms with Gasteiger partial charge in [0.1, 0.15) is 0 Å². The molecule has 6 aromatic rings. The molecule has 0 aliphatic carbocycles. The lowest BCUT2D eigenvalue weighted by Crippen LogP contribution is -1.84. The molecule has 0 bridgehead atoms. The van der Waals surface area contributed by atoms with Gasteiger partial charge in [0.05, 0.1) is 16.6 Å². The third-order valence-electron chi connectivity index (χ3n) is 4.82. The van der Waals surface area contributed by atoms with Gasteiger partial charge in [-0.3, -0.25) is 19.9 Å². The van der Waals surface area contributed by atoms with Gasteiger partial charge in [-0.2, -0.15) is 0 Å². The lowest BCUT2D eigenvalue weighted by Gasteiger charge is -1.95. The van der Waals surface area contributed by atoms with E-state index in [2.05, 4.69) is 29.9 Å². The Hall–Kier alpha value is -4.32. The van der Waals surface area contributed by atoms with E-state index in [1.807, 2.05) is 93.8 Å². The fourth-order valence-corrected chi connectivity index (χ4v) is 3.17. The van der Waals surface area contributed by atoms with Gasteiger partial charge in [-0.15, -0.1) is 0 Å². The first-order valence-corrected chi connectivity index (χ1v) is 10.6. The summed E-state index contributed by atoms with van der Waals surface area (Å²) < 4.78 is 0. The molecule has 0 amide bonds. The molecule has 37 heavy (non-hydrogen) atoms. The van der Waals surface area contributed by atoms with E-state index < -0.39 is 0 Å². The monoisotopic (exact) mass is 496 g/mol. The largest absolute Gasteiger partial charge is 0.261 e. The zero-order valence-electron chi connectivity index (χ0n) is 18.8. The molecule has 0 saturated carbocycles. The van der Waals surface area contributed by atoms with Crippen molar-refractivity contribution >= 4 is 33.0 Å². The van der Waals surface area contributed by atoms with Crippen LogP contribution in [-0.4, -0.2) is 29.9 Å². The second kappa shape index (κ2) is 15.6. The van der Waals surface area contributed by atoms with E-state index in [1.54, 1.807) is 18.6 Å². The van der Waals surface area contributed by atoms with Gasteiger partial charge in [-0.05, 0) is 87.0 Å². The summed E-state index contributed by atoms with van der Waals surface area (Å²) in [5, 5.41) is 2.19. The fraction of sp³-hybridized carbons (Fsp3) is 0.226. The molecular formula is C31H40N6. The molecule has 0 fully saturated rings. The summed E-state index contributed by atoms with van der Waals surface area (Å²) in [5.74, 6) is 0. The van der Waals surface area contributed by atoms with Crippen LogP contribution in [0.15, 0.2) is 91.6 Å². The molecule has 0 spiro atoms. The number of aromatic nitrogens is 6. The van der Waals surface area contributed by atoms with Crippen LogP contribution in [0.3, 0.4) is 0 Å². The second-order valence-corrected chi connectivity index (χ2v) is 7.58. The molecule has 0 aliphatic heterocycles. The topological polar surface area (TPSA) is 77.3 Å². The van der Waals surface area contributed by atoms with Crippen molar-refractivity contribution in [2.45, 2.75) is 50.5 Å². The average Bonchev–Trinajstić information content (AvgIpc) is 2.84. The fourth-order valence-electron chi connectivity index (χ4n) is 3.17. The van der Waals surface area contributed by atoms with Crippen molar-refractivity contribution < 1.29 is 0 Å². The molecule has 6 nitrogen and oxygen atoms in total. The van der Waals surface area contributed by atoms with Crippen LogP contribution < -0.4 is 0 Å². The number of fused-ring (bicyclic) bond motifs is 3. The van der Waals surface area contributed by atoms with Crippen LogP contribution in [0.5, 0.6) is 0 Å². The number of hydrogen-bond acceptors (Lipinski definition) is 6. The van der Waals surface area contributed by atoms with Crippen LogP contribution in [0, 0.1) is 20.8 Å². The van der Waals surface area contributed by atoms with Gasteiger partial charge in [0.15, 0.2) is 5.65 Å². The van der Waals surface area contributed by atoms with Crippen molar-refractivity contribution in [3.8, 4) is 0 Å². The molecule has 0 unspecified atom stereocenters. The van der Waals surface area contributed by atoms with Crippen LogP contribution in [0.1, 0.15) is 46.7 Å². The van der Waals surface area contributed by atoms with Crippen molar-refractivity contribution in [3.63, 3.8) is 0 Å². The van der Waals surface area contributed by atoms with Crippen molar-refractivity contribution in [1.82, 2.24) is 29.9 Å². The lowest BCUT2D eigenvalue weighted by molar-refractivity contribution is 1.20. The maximum absolute atomic E-state index is 4.26. The van der Waals surface area contributed by atoms with Crippen LogP contribution in [0.2, 0.25) is 0 Å². The number of hydrogen-bond donors (Lipinski definition) is 0. The lowest BCUT2D eigenvalue weighted by atomic mass is 10.2. The van der Waals surface area contributed by atoms with Gasteiger partial charge in [0.25, 0.3) is 0 Å². The van der Waals surface area contributed by atoms with E-state index >= 15 is 0 Å². The Kier molecular flexibility index (Phi) is 13.8. The van der Waals surface area contributed by atoms with Crippen molar-refractivity contribution in [1.29, 1.82) is 0 Å². The smallest absolute Gasteiger partial charge is 0.159 e. The Morgan fingerprint density at radius 2 is 1.14 bits per heavy atom. The van der Waals surface area contributed by atoms with E-state index in [1.165, 1.54) is 0 Å². The first-order valence-electron chi connectivity index (χ1n) is 10.6. The molecule has 6 heteroatoms. The summed E-state index contributed by atoms with van der Waals surface area (Å²) >= 11 is 0. The van der Waals surface area contributed by atoms with E-state index in [4.69, 9.17) is 0 Å². The first kappa shape index (κ1) is 32.7. The minimum atomic E-state index is 0. The zero-order valence-corrected chi connectivity index (χ0v) is 18.8. The van der Waals surface area contributed by atoms with Gasteiger partial charge >= 0.3 is 0 Å². The molecule has 0 aromatic carbocycles. The minimum Gasteiger partial charge on any atom is -0.261 e. The molecule has 0 radical (unpaired) electrons. The van der Waals surface area contributed by atoms with Crippen LogP contribution in [0.4, 0.5) is 0 Å². The van der Waals surface area contributed by atoms with Crippen molar-refractivity contribution in [3.05, 3.63) is 109 Å². The number of nitrogens with zero attached hydrogens (tertiary/aromatic N) is 6. The maximum Gasteiger partial charge on any atom is 0.159 e. The van der Waals surface area contributed by atoms with Gasteiger partial charge < -0.3 is 0 Å². The van der Waals surface area contributed by atoms with Crippen molar-refractivity contribution in [2.75, 3.05) is 0 Å². The van der Waals surface area contributed by atoms with Gasteiger partial charge in [0.2, 0.25) is 0 Å². The second-order valence-electron chi connectivity index (χ2n) is 7.58. The molecule has 6 aromatic heterocycles. The van der Waals surface area contributed by atoms with E-state index in [9.17, 15) is 0 Å². The predicted molar refractivity (Wildman–Crippen MR) is 160 cm³/mol. The van der Waals surface area contributed by atoms with Crippen molar-refractivity contribution in [2.24, 2.45) is 0 Å². The SMILES string of the molecule is C.C.C.C.Cc1cc2ncccc2cn1.Cc1ccc2cccnc2n1.Cc1cnc2cccnc2c1. The highest BCUT2D eigenvalue weighted by Gasteiger charge is 1.94. The highest BCUT2D eigenvalue weighted by atomic mass is 14.8. The highest BCUT2D eigenvalue weighted by Crippen LogP contribution is 2.10. The Morgan fingerprint density at radius 3 is 1.89 bits per heavy atom. The van der Waals surface area contributed by atoms with E-state index in [-0.39, 0.29) is 29.7 Å². The standard InChI is InChI=1S/3C9H8N2.4CH4/c1-7-4-5-8-3-2-6-10-9(8)11-7;1-7-5-9-8(6-11-7)3-2-4-10-9;1-7-5-9-8(11-6-7)3-2-4-10-9;;;;/h3*2-6H,1H3;4*1H4. The summed E-state index contributed by atoms with van der Waals surface area (Å²) in [6.07, 6.45) is 9.03. The van der Waals surface area contributed by atoms with Gasteiger partial charge in [0, 0.05) is 53.1 Å². The predicted octanol–water partition coefficient (Wildman–Crippen LogP) is 8.36. The molecule has 0 aliphatic rings. The Labute approximate surface area is 221 Å². The Bertz CT molecular complexity index is 1330. The Morgan fingerprint density at radius 1 is 0.486 bits per heavy atom. The molecule has 0 saturated heterocycles. The summed E-state index contributed by atoms with van der Waals surface area (Å²) in [4.78, 5) is 25.2. The maximum atomic E-state index is 4.26. The summed E-state index contributed by atoms with van der Waals surface area (Å²) in [5.41, 5.74) is 6.93. The molecule has 194 valence electrons. The third kappa shape index (κ3) is 9.00. The zero-order chi connectivity index (χ0) is 23.0. The summed E-state index contributed by atoms with van der Waals surface area (Å²) in [6, 6.07) is 19.7. The number of pyridine rings is 6. The molecule has 6 heterocycles. The highest BCUT2D eigenvalue weighted by molar-refractivity contribution is 5.77. The number of rotatable bonds is 0. The number of aryl methyl sites for hydroxylation is 3. The third-order valence-corrected chi connectivity index (χ3v) is 4.82. The Balaban J connectivity index is 0.000000498. The van der Waals surface area contributed by atoms with E-state index in [0.717, 1.165) is 49.9 Å². The summed E-state index contributed by atoms with van der Waals surface area (Å²) in [6.45, 7) is 5.95. The first-order chi connectivity index (χ1) is 16.1. The average molecular weight is 497 g/mol. The van der Waals surface area contributed by atoms with Crippen LogP contribution >= 0.6 is 0 Å². The molecular weight excluding hydrogens is 456 g/mol.